The first kappa shape index (κ1) is 16.4. The normalized spacial score (nSPS) is 19.9. The standard InChI is InChI=1S/C14H19N3O4S/c1-9(2)16-13(18)10-5-11(7-15-6-10)14(19)17-12-3-4-22(20,21)8-12/h5-7,9,12H,3-4,8H2,1-2H3,(H,16,18)(H,17,19). The highest BCUT2D eigenvalue weighted by atomic mass is 32.2. The van der Waals surface area contributed by atoms with Gasteiger partial charge in [0.05, 0.1) is 22.6 Å². The average molecular weight is 325 g/mol. The van der Waals surface area contributed by atoms with E-state index in [0.29, 0.717) is 12.0 Å². The van der Waals surface area contributed by atoms with Crippen LogP contribution in [0.3, 0.4) is 0 Å². The number of hydrogen-bond donors (Lipinski definition) is 2. The van der Waals surface area contributed by atoms with Gasteiger partial charge in [-0.15, -0.1) is 0 Å². The summed E-state index contributed by atoms with van der Waals surface area (Å²) in [5.74, 6) is -0.679. The molecule has 1 aromatic heterocycles. The molecule has 2 rings (SSSR count). The molecular weight excluding hydrogens is 306 g/mol. The van der Waals surface area contributed by atoms with Crippen LogP contribution in [0.1, 0.15) is 41.0 Å². The Morgan fingerprint density at radius 2 is 1.86 bits per heavy atom. The summed E-state index contributed by atoms with van der Waals surface area (Å²) < 4.78 is 22.8. The maximum atomic E-state index is 12.1. The number of amides is 2. The maximum Gasteiger partial charge on any atom is 0.253 e. The van der Waals surface area contributed by atoms with Crippen molar-refractivity contribution in [2.24, 2.45) is 0 Å². The molecule has 1 fully saturated rings. The topological polar surface area (TPSA) is 105 Å². The average Bonchev–Trinajstić information content (AvgIpc) is 2.77. The van der Waals surface area contributed by atoms with Crippen molar-refractivity contribution in [2.75, 3.05) is 11.5 Å². The van der Waals surface area contributed by atoms with E-state index in [1.54, 1.807) is 0 Å². The van der Waals surface area contributed by atoms with Crippen LogP contribution in [0.15, 0.2) is 18.5 Å². The molecule has 120 valence electrons. The molecule has 1 aliphatic rings. The van der Waals surface area contributed by atoms with Crippen LogP contribution in [0.25, 0.3) is 0 Å². The van der Waals surface area contributed by atoms with E-state index in [9.17, 15) is 18.0 Å². The molecule has 2 amide bonds. The predicted octanol–water partition coefficient (Wildman–Crippen LogP) is 0.137. The van der Waals surface area contributed by atoms with Crippen LogP contribution in [0, 0.1) is 0 Å². The van der Waals surface area contributed by atoms with Gasteiger partial charge in [0, 0.05) is 24.5 Å². The Kier molecular flexibility index (Phi) is 4.80. The van der Waals surface area contributed by atoms with Gasteiger partial charge in [0.15, 0.2) is 9.84 Å². The number of nitrogens with zero attached hydrogens (tertiary/aromatic N) is 1. The fourth-order valence-corrected chi connectivity index (χ4v) is 3.88. The van der Waals surface area contributed by atoms with Crippen molar-refractivity contribution in [3.8, 4) is 0 Å². The summed E-state index contributed by atoms with van der Waals surface area (Å²) in [7, 11) is -3.05. The van der Waals surface area contributed by atoms with Crippen molar-refractivity contribution in [3.63, 3.8) is 0 Å². The molecular formula is C14H19N3O4S. The monoisotopic (exact) mass is 325 g/mol. The zero-order valence-electron chi connectivity index (χ0n) is 12.5. The minimum absolute atomic E-state index is 0.0197. The Labute approximate surface area is 129 Å². The van der Waals surface area contributed by atoms with Crippen molar-refractivity contribution in [3.05, 3.63) is 29.6 Å². The number of nitrogens with one attached hydrogen (secondary N) is 2. The van der Waals surface area contributed by atoms with E-state index in [-0.39, 0.29) is 35.1 Å². The summed E-state index contributed by atoms with van der Waals surface area (Å²) >= 11 is 0. The first-order valence-corrected chi connectivity index (χ1v) is 8.86. The third kappa shape index (κ3) is 4.27. The molecule has 1 aromatic rings. The lowest BCUT2D eigenvalue weighted by Crippen LogP contribution is -2.36. The van der Waals surface area contributed by atoms with Gasteiger partial charge in [-0.3, -0.25) is 14.6 Å². The van der Waals surface area contributed by atoms with Gasteiger partial charge in [-0.1, -0.05) is 0 Å². The zero-order valence-corrected chi connectivity index (χ0v) is 13.3. The van der Waals surface area contributed by atoms with Crippen LogP contribution in [0.4, 0.5) is 0 Å². The van der Waals surface area contributed by atoms with Gasteiger partial charge in [0.1, 0.15) is 0 Å². The fourth-order valence-electron chi connectivity index (χ4n) is 2.21. The second-order valence-electron chi connectivity index (χ2n) is 5.66. The summed E-state index contributed by atoms with van der Waals surface area (Å²) in [6.07, 6.45) is 3.15. The lowest BCUT2D eigenvalue weighted by atomic mass is 10.1. The molecule has 1 aliphatic heterocycles. The smallest absolute Gasteiger partial charge is 0.253 e. The molecule has 0 saturated carbocycles. The van der Waals surface area contributed by atoms with E-state index in [1.165, 1.54) is 18.5 Å². The van der Waals surface area contributed by atoms with Gasteiger partial charge in [-0.05, 0) is 26.3 Å². The first-order valence-electron chi connectivity index (χ1n) is 7.04. The lowest BCUT2D eigenvalue weighted by molar-refractivity contribution is 0.0940. The second-order valence-corrected chi connectivity index (χ2v) is 7.89. The van der Waals surface area contributed by atoms with E-state index in [2.05, 4.69) is 15.6 Å². The SMILES string of the molecule is CC(C)NC(=O)c1cncc(C(=O)NC2CCS(=O)(=O)C2)c1. The first-order chi connectivity index (χ1) is 10.3. The van der Waals surface area contributed by atoms with Crippen LogP contribution in [-0.4, -0.2) is 48.8 Å². The van der Waals surface area contributed by atoms with Crippen molar-refractivity contribution in [2.45, 2.75) is 32.4 Å². The predicted molar refractivity (Wildman–Crippen MR) is 81.4 cm³/mol. The molecule has 2 heterocycles. The van der Waals surface area contributed by atoms with Crippen LogP contribution >= 0.6 is 0 Å². The number of hydrogen-bond acceptors (Lipinski definition) is 5. The van der Waals surface area contributed by atoms with Gasteiger partial charge < -0.3 is 10.6 Å². The van der Waals surface area contributed by atoms with Crippen LogP contribution < -0.4 is 10.6 Å². The molecule has 1 saturated heterocycles. The van der Waals surface area contributed by atoms with Crippen molar-refractivity contribution < 1.29 is 18.0 Å². The third-order valence-corrected chi connectivity index (χ3v) is 5.02. The summed E-state index contributed by atoms with van der Waals surface area (Å²) in [6, 6.07) is 1.04. The lowest BCUT2D eigenvalue weighted by Gasteiger charge is -2.12. The Balaban J connectivity index is 2.06. The molecule has 0 aliphatic carbocycles. The number of rotatable bonds is 4. The molecule has 7 nitrogen and oxygen atoms in total. The Bertz CT molecular complexity index is 685. The van der Waals surface area contributed by atoms with Gasteiger partial charge in [-0.2, -0.15) is 0 Å². The highest BCUT2D eigenvalue weighted by Crippen LogP contribution is 2.12. The number of carbonyl (C=O) groups excluding carboxylic acids is 2. The minimum atomic E-state index is -3.05. The minimum Gasteiger partial charge on any atom is -0.350 e. The third-order valence-electron chi connectivity index (χ3n) is 3.25. The second kappa shape index (κ2) is 6.43. The van der Waals surface area contributed by atoms with E-state index < -0.39 is 15.7 Å². The highest BCUT2D eigenvalue weighted by Gasteiger charge is 2.29. The summed E-state index contributed by atoms with van der Waals surface area (Å²) in [5.41, 5.74) is 0.529. The van der Waals surface area contributed by atoms with Gasteiger partial charge >= 0.3 is 0 Å². The van der Waals surface area contributed by atoms with Crippen molar-refractivity contribution in [1.29, 1.82) is 0 Å². The van der Waals surface area contributed by atoms with Crippen molar-refractivity contribution in [1.82, 2.24) is 15.6 Å². The Morgan fingerprint density at radius 1 is 1.23 bits per heavy atom. The molecule has 22 heavy (non-hydrogen) atoms. The summed E-state index contributed by atoms with van der Waals surface area (Å²) in [5, 5.41) is 5.39. The van der Waals surface area contributed by atoms with Gasteiger partial charge in [-0.25, -0.2) is 8.42 Å². The van der Waals surface area contributed by atoms with Crippen LogP contribution in [0.2, 0.25) is 0 Å². The molecule has 2 N–H and O–H groups in total. The number of pyridine rings is 1. The van der Waals surface area contributed by atoms with E-state index >= 15 is 0 Å². The quantitative estimate of drug-likeness (QED) is 0.819. The van der Waals surface area contributed by atoms with E-state index in [0.717, 1.165) is 0 Å². The molecule has 1 unspecified atom stereocenters. The van der Waals surface area contributed by atoms with E-state index in [1.807, 2.05) is 13.8 Å². The number of carbonyl (C=O) groups is 2. The molecule has 1 atom stereocenters. The van der Waals surface area contributed by atoms with Crippen LogP contribution in [0.5, 0.6) is 0 Å². The van der Waals surface area contributed by atoms with E-state index in [4.69, 9.17) is 0 Å². The fraction of sp³-hybridized carbons (Fsp3) is 0.500. The molecule has 0 aromatic carbocycles. The molecule has 0 spiro atoms. The largest absolute Gasteiger partial charge is 0.350 e. The van der Waals surface area contributed by atoms with Crippen LogP contribution in [-0.2, 0) is 9.84 Å². The number of sulfone groups is 1. The number of aromatic nitrogens is 1. The highest BCUT2D eigenvalue weighted by molar-refractivity contribution is 7.91. The maximum absolute atomic E-state index is 12.1. The summed E-state index contributed by atoms with van der Waals surface area (Å²) in [4.78, 5) is 27.9. The summed E-state index contributed by atoms with van der Waals surface area (Å²) in [6.45, 7) is 3.67. The molecule has 0 bridgehead atoms. The molecule has 8 heteroatoms. The van der Waals surface area contributed by atoms with Gasteiger partial charge in [0.2, 0.25) is 0 Å². The Hall–Kier alpha value is -1.96. The van der Waals surface area contributed by atoms with Gasteiger partial charge in [0.25, 0.3) is 11.8 Å². The molecule has 0 radical (unpaired) electrons. The Morgan fingerprint density at radius 3 is 2.41 bits per heavy atom. The zero-order chi connectivity index (χ0) is 16.3. The van der Waals surface area contributed by atoms with Crippen molar-refractivity contribution >= 4 is 21.7 Å².